The number of nitrogens with two attached hydrogens (primary N) is 1. The second-order valence-corrected chi connectivity index (χ2v) is 7.42. The molecule has 0 saturated heterocycles. The number of hydrogen-bond acceptors (Lipinski definition) is 3. The van der Waals surface area contributed by atoms with E-state index in [2.05, 4.69) is 0 Å². The Hall–Kier alpha value is -2.24. The minimum absolute atomic E-state index is 0.0479. The van der Waals surface area contributed by atoms with Gasteiger partial charge in [0.2, 0.25) is 0 Å². The molecule has 3 aromatic carbocycles. The van der Waals surface area contributed by atoms with Crippen LogP contribution in [0.15, 0.2) is 71.6 Å². The van der Waals surface area contributed by atoms with Crippen LogP contribution in [0.4, 0.5) is 4.39 Å². The van der Waals surface area contributed by atoms with Gasteiger partial charge >= 0.3 is 0 Å². The lowest BCUT2D eigenvalue weighted by Gasteiger charge is -2.18. The van der Waals surface area contributed by atoms with E-state index in [1.165, 1.54) is 12.1 Å². The lowest BCUT2D eigenvalue weighted by atomic mass is 10.0. The normalized spacial score (nSPS) is 13.1. The first-order chi connectivity index (χ1) is 11.0. The quantitative estimate of drug-likeness (QED) is 0.746. The van der Waals surface area contributed by atoms with Gasteiger partial charge in [0.15, 0.2) is 9.84 Å². The van der Waals surface area contributed by atoms with Crippen LogP contribution in [-0.2, 0) is 9.84 Å². The van der Waals surface area contributed by atoms with Crippen LogP contribution in [0.25, 0.3) is 10.8 Å². The van der Waals surface area contributed by atoms with Crippen molar-refractivity contribution in [2.24, 2.45) is 5.73 Å². The van der Waals surface area contributed by atoms with E-state index in [1.807, 2.05) is 36.4 Å². The number of halogens is 1. The summed E-state index contributed by atoms with van der Waals surface area (Å²) in [6, 6.07) is 17.9. The highest BCUT2D eigenvalue weighted by Gasteiger charge is 2.29. The highest BCUT2D eigenvalue weighted by atomic mass is 32.2. The maximum absolute atomic E-state index is 13.1. The second kappa shape index (κ2) is 6.10. The Morgan fingerprint density at radius 1 is 0.913 bits per heavy atom. The van der Waals surface area contributed by atoms with Gasteiger partial charge in [0.1, 0.15) is 11.1 Å². The number of sulfone groups is 1. The van der Waals surface area contributed by atoms with Crippen molar-refractivity contribution < 1.29 is 12.8 Å². The van der Waals surface area contributed by atoms with Gasteiger partial charge in [0.25, 0.3) is 0 Å². The van der Waals surface area contributed by atoms with Crippen molar-refractivity contribution in [3.05, 3.63) is 78.1 Å². The third-order valence-electron chi connectivity index (χ3n) is 3.90. The van der Waals surface area contributed by atoms with E-state index in [1.54, 1.807) is 6.07 Å². The first-order valence-corrected chi connectivity index (χ1v) is 8.76. The topological polar surface area (TPSA) is 60.2 Å². The fraction of sp³-hybridized carbons (Fsp3) is 0.111. The average molecular weight is 329 g/mol. The van der Waals surface area contributed by atoms with Gasteiger partial charge in [-0.2, -0.15) is 0 Å². The van der Waals surface area contributed by atoms with Gasteiger partial charge in [0, 0.05) is 6.54 Å². The molecular formula is C18H16FNO2S. The molecule has 0 bridgehead atoms. The van der Waals surface area contributed by atoms with Crippen LogP contribution < -0.4 is 5.73 Å². The first kappa shape index (κ1) is 15.6. The molecule has 0 aliphatic heterocycles. The number of hydrogen-bond donors (Lipinski definition) is 1. The van der Waals surface area contributed by atoms with Crippen LogP contribution in [-0.4, -0.2) is 15.0 Å². The fourth-order valence-corrected chi connectivity index (χ4v) is 4.38. The first-order valence-electron chi connectivity index (χ1n) is 7.21. The zero-order chi connectivity index (χ0) is 16.4. The fourth-order valence-electron chi connectivity index (χ4n) is 2.74. The van der Waals surface area contributed by atoms with Crippen LogP contribution in [0.3, 0.4) is 0 Å². The van der Waals surface area contributed by atoms with E-state index >= 15 is 0 Å². The van der Waals surface area contributed by atoms with E-state index in [-0.39, 0.29) is 11.4 Å². The predicted molar refractivity (Wildman–Crippen MR) is 89.3 cm³/mol. The average Bonchev–Trinajstić information content (AvgIpc) is 2.56. The lowest BCUT2D eigenvalue weighted by molar-refractivity contribution is 0.582. The summed E-state index contributed by atoms with van der Waals surface area (Å²) in [5, 5.41) is 0.938. The molecule has 0 heterocycles. The molecule has 118 valence electrons. The molecule has 0 amide bonds. The van der Waals surface area contributed by atoms with Gasteiger partial charge in [-0.25, -0.2) is 12.8 Å². The molecule has 0 aliphatic carbocycles. The Morgan fingerprint density at radius 2 is 1.57 bits per heavy atom. The number of benzene rings is 3. The highest BCUT2D eigenvalue weighted by Crippen LogP contribution is 2.32. The molecule has 3 aromatic rings. The van der Waals surface area contributed by atoms with Crippen LogP contribution in [0.2, 0.25) is 0 Å². The standard InChI is InChI=1S/C18H16FNO2S/c19-14-8-10-15(11-9-14)23(21,22)18(12-20)17-7-3-5-13-4-1-2-6-16(13)17/h1-11,18H,12,20H2/t18-/m1/s1. The van der Waals surface area contributed by atoms with Crippen LogP contribution in [0.5, 0.6) is 0 Å². The summed E-state index contributed by atoms with van der Waals surface area (Å²) in [7, 11) is -3.70. The molecule has 5 heteroatoms. The second-order valence-electron chi connectivity index (χ2n) is 5.29. The Balaban J connectivity index is 2.17. The van der Waals surface area contributed by atoms with E-state index < -0.39 is 20.9 Å². The van der Waals surface area contributed by atoms with Gasteiger partial charge in [0.05, 0.1) is 4.90 Å². The Morgan fingerprint density at radius 3 is 2.26 bits per heavy atom. The summed E-state index contributed by atoms with van der Waals surface area (Å²) in [5.41, 5.74) is 6.46. The third-order valence-corrected chi connectivity index (χ3v) is 6.03. The Bertz CT molecular complexity index is 931. The largest absolute Gasteiger partial charge is 0.329 e. The Labute approximate surface area is 134 Å². The molecule has 3 nitrogen and oxygen atoms in total. The zero-order valence-corrected chi connectivity index (χ0v) is 13.1. The molecular weight excluding hydrogens is 313 g/mol. The monoisotopic (exact) mass is 329 g/mol. The summed E-state index contributed by atoms with van der Waals surface area (Å²) in [6.45, 7) is -0.0479. The minimum atomic E-state index is -3.70. The van der Waals surface area contributed by atoms with Gasteiger partial charge in [-0.3, -0.25) is 0 Å². The molecule has 3 rings (SSSR count). The van der Waals surface area contributed by atoms with Crippen molar-refractivity contribution in [3.63, 3.8) is 0 Å². The van der Waals surface area contributed by atoms with E-state index in [0.29, 0.717) is 5.56 Å². The maximum atomic E-state index is 13.1. The van der Waals surface area contributed by atoms with Crippen LogP contribution >= 0.6 is 0 Å². The van der Waals surface area contributed by atoms with Crippen molar-refractivity contribution in [1.29, 1.82) is 0 Å². The maximum Gasteiger partial charge on any atom is 0.186 e. The summed E-state index contributed by atoms with van der Waals surface area (Å²) < 4.78 is 38.9. The lowest BCUT2D eigenvalue weighted by Crippen LogP contribution is -2.22. The highest BCUT2D eigenvalue weighted by molar-refractivity contribution is 7.91. The van der Waals surface area contributed by atoms with Gasteiger partial charge in [-0.1, -0.05) is 42.5 Å². The zero-order valence-electron chi connectivity index (χ0n) is 12.3. The van der Waals surface area contributed by atoms with E-state index in [0.717, 1.165) is 22.9 Å². The number of fused-ring (bicyclic) bond motifs is 1. The van der Waals surface area contributed by atoms with Gasteiger partial charge in [-0.15, -0.1) is 0 Å². The van der Waals surface area contributed by atoms with Gasteiger partial charge in [-0.05, 0) is 40.6 Å². The molecule has 23 heavy (non-hydrogen) atoms. The summed E-state index contributed by atoms with van der Waals surface area (Å²) in [5.74, 6) is -0.474. The van der Waals surface area contributed by atoms with Crippen LogP contribution in [0.1, 0.15) is 10.8 Å². The smallest absolute Gasteiger partial charge is 0.186 e. The van der Waals surface area contributed by atoms with Crippen molar-refractivity contribution >= 4 is 20.6 Å². The van der Waals surface area contributed by atoms with E-state index in [4.69, 9.17) is 5.73 Å². The van der Waals surface area contributed by atoms with Crippen molar-refractivity contribution in [2.75, 3.05) is 6.54 Å². The summed E-state index contributed by atoms with van der Waals surface area (Å²) in [6.07, 6.45) is 0. The predicted octanol–water partition coefficient (Wildman–Crippen LogP) is 3.45. The number of rotatable bonds is 4. The van der Waals surface area contributed by atoms with Crippen molar-refractivity contribution in [1.82, 2.24) is 0 Å². The molecule has 0 aromatic heterocycles. The molecule has 2 N–H and O–H groups in total. The minimum Gasteiger partial charge on any atom is -0.329 e. The van der Waals surface area contributed by atoms with Crippen LogP contribution in [0, 0.1) is 5.82 Å². The molecule has 1 atom stereocenters. The molecule has 0 aliphatic rings. The van der Waals surface area contributed by atoms with E-state index in [9.17, 15) is 12.8 Å². The summed E-state index contributed by atoms with van der Waals surface area (Å²) in [4.78, 5) is 0.0716. The molecule has 0 saturated carbocycles. The summed E-state index contributed by atoms with van der Waals surface area (Å²) >= 11 is 0. The third kappa shape index (κ3) is 2.85. The molecule has 0 radical (unpaired) electrons. The van der Waals surface area contributed by atoms with Gasteiger partial charge < -0.3 is 5.73 Å². The molecule has 0 unspecified atom stereocenters. The molecule has 0 spiro atoms. The SMILES string of the molecule is NC[C@H](c1cccc2ccccc12)S(=O)(=O)c1ccc(F)cc1. The van der Waals surface area contributed by atoms with Crippen molar-refractivity contribution in [2.45, 2.75) is 10.1 Å². The molecule has 0 fully saturated rings. The Kier molecular flexibility index (Phi) is 4.15. The van der Waals surface area contributed by atoms with Crippen molar-refractivity contribution in [3.8, 4) is 0 Å².